The Bertz CT molecular complexity index is 1140. The molecule has 2 heterocycles. The summed E-state index contributed by atoms with van der Waals surface area (Å²) in [6.07, 6.45) is 1.72. The van der Waals surface area contributed by atoms with Crippen molar-refractivity contribution < 1.29 is 13.9 Å². The number of ether oxygens (including phenoxy) is 2. The molecule has 2 aromatic heterocycles. The first-order valence-corrected chi connectivity index (χ1v) is 9.48. The molecule has 1 N–H and O–H groups in total. The number of anilines is 1. The van der Waals surface area contributed by atoms with Gasteiger partial charge >= 0.3 is 0 Å². The first-order chi connectivity index (χ1) is 14.7. The van der Waals surface area contributed by atoms with Gasteiger partial charge in [-0.15, -0.1) is 10.2 Å². The van der Waals surface area contributed by atoms with Crippen molar-refractivity contribution in [2.75, 3.05) is 19.5 Å². The van der Waals surface area contributed by atoms with Crippen molar-refractivity contribution in [2.45, 2.75) is 13.5 Å². The molecule has 0 spiro atoms. The molecule has 0 fully saturated rings. The lowest BCUT2D eigenvalue weighted by atomic mass is 10.1. The van der Waals surface area contributed by atoms with E-state index in [1.165, 1.54) is 5.56 Å². The largest absolute Gasteiger partial charge is 0.493 e. The molecule has 0 unspecified atom stereocenters. The highest BCUT2D eigenvalue weighted by atomic mass is 16.5. The molecule has 7 nitrogen and oxygen atoms in total. The second kappa shape index (κ2) is 8.65. The van der Waals surface area contributed by atoms with Crippen LogP contribution in [0, 0.1) is 6.92 Å². The number of methoxy groups -OCH3 is 2. The van der Waals surface area contributed by atoms with Crippen LogP contribution in [0.2, 0.25) is 0 Å². The maximum Gasteiger partial charge on any atom is 0.251 e. The van der Waals surface area contributed by atoms with Crippen molar-refractivity contribution in [2.24, 2.45) is 0 Å². The van der Waals surface area contributed by atoms with Gasteiger partial charge in [-0.25, -0.2) is 4.98 Å². The lowest BCUT2D eigenvalue weighted by Gasteiger charge is -2.11. The minimum Gasteiger partial charge on any atom is -0.493 e. The zero-order valence-corrected chi connectivity index (χ0v) is 17.0. The Labute approximate surface area is 174 Å². The lowest BCUT2D eigenvalue weighted by molar-refractivity contribution is 0.354. The van der Waals surface area contributed by atoms with Crippen LogP contribution in [0.4, 0.5) is 5.82 Å². The smallest absolute Gasteiger partial charge is 0.251 e. The predicted octanol–water partition coefficient (Wildman–Crippen LogP) is 4.74. The van der Waals surface area contributed by atoms with Gasteiger partial charge in [0.05, 0.1) is 19.8 Å². The van der Waals surface area contributed by atoms with Crippen molar-refractivity contribution in [3.8, 4) is 34.4 Å². The fourth-order valence-corrected chi connectivity index (χ4v) is 3.04. The Morgan fingerprint density at radius 2 is 1.67 bits per heavy atom. The molecule has 4 rings (SSSR count). The Hall–Kier alpha value is -3.87. The molecule has 7 heteroatoms. The van der Waals surface area contributed by atoms with E-state index < -0.39 is 0 Å². The molecular weight excluding hydrogens is 380 g/mol. The third kappa shape index (κ3) is 4.10. The molecule has 0 radical (unpaired) electrons. The van der Waals surface area contributed by atoms with Gasteiger partial charge in [0.15, 0.2) is 11.5 Å². The summed E-state index contributed by atoms with van der Waals surface area (Å²) < 4.78 is 16.6. The molecule has 0 bridgehead atoms. The molecule has 4 aromatic rings. The molecule has 0 atom stereocenters. The van der Waals surface area contributed by atoms with Crippen molar-refractivity contribution in [3.05, 3.63) is 71.9 Å². The van der Waals surface area contributed by atoms with Gasteiger partial charge in [-0.1, -0.05) is 23.8 Å². The standard InChI is InChI=1S/C23H22N4O3/c1-15-6-9-17(10-7-15)22-26-27-23(30-22)18-5-4-12-24-21(18)25-14-16-8-11-19(28-2)20(13-16)29-3/h4-13H,14H2,1-3H3,(H,24,25). The molecule has 0 saturated heterocycles. The topological polar surface area (TPSA) is 82.3 Å². The van der Waals surface area contributed by atoms with Gasteiger partial charge in [0, 0.05) is 18.3 Å². The summed E-state index contributed by atoms with van der Waals surface area (Å²) in [7, 11) is 3.23. The number of benzene rings is 2. The number of nitrogens with one attached hydrogen (secondary N) is 1. The predicted molar refractivity (Wildman–Crippen MR) is 115 cm³/mol. The maximum atomic E-state index is 5.92. The Morgan fingerprint density at radius 1 is 0.900 bits per heavy atom. The first-order valence-electron chi connectivity index (χ1n) is 9.48. The molecule has 152 valence electrons. The zero-order valence-electron chi connectivity index (χ0n) is 17.0. The van der Waals surface area contributed by atoms with Crippen LogP contribution in [0.15, 0.2) is 65.2 Å². The van der Waals surface area contributed by atoms with E-state index in [2.05, 4.69) is 20.5 Å². The van der Waals surface area contributed by atoms with Crippen LogP contribution in [0.3, 0.4) is 0 Å². The highest BCUT2D eigenvalue weighted by Gasteiger charge is 2.15. The first kappa shape index (κ1) is 19.4. The summed E-state index contributed by atoms with van der Waals surface area (Å²) >= 11 is 0. The van der Waals surface area contributed by atoms with Gasteiger partial charge < -0.3 is 19.2 Å². The third-order valence-corrected chi connectivity index (χ3v) is 4.67. The number of nitrogens with zero attached hydrogens (tertiary/aromatic N) is 3. The third-order valence-electron chi connectivity index (χ3n) is 4.67. The highest BCUT2D eigenvalue weighted by molar-refractivity contribution is 5.69. The average Bonchev–Trinajstić information content (AvgIpc) is 3.28. The van der Waals surface area contributed by atoms with Crippen molar-refractivity contribution >= 4 is 5.82 Å². The molecule has 2 aromatic carbocycles. The van der Waals surface area contributed by atoms with E-state index in [4.69, 9.17) is 13.9 Å². The zero-order chi connectivity index (χ0) is 20.9. The maximum absolute atomic E-state index is 5.92. The van der Waals surface area contributed by atoms with E-state index in [1.54, 1.807) is 20.4 Å². The summed E-state index contributed by atoms with van der Waals surface area (Å²) in [5, 5.41) is 11.7. The molecule has 0 saturated carbocycles. The van der Waals surface area contributed by atoms with Gasteiger partial charge in [0.25, 0.3) is 5.89 Å². The summed E-state index contributed by atoms with van der Waals surface area (Å²) in [6, 6.07) is 17.5. The number of hydrogen-bond donors (Lipinski definition) is 1. The molecule has 30 heavy (non-hydrogen) atoms. The van der Waals surface area contributed by atoms with E-state index in [0.717, 1.165) is 16.7 Å². The monoisotopic (exact) mass is 402 g/mol. The summed E-state index contributed by atoms with van der Waals surface area (Å²) in [5.41, 5.74) is 3.81. The second-order valence-corrected chi connectivity index (χ2v) is 6.72. The van der Waals surface area contributed by atoms with Crippen molar-refractivity contribution in [1.29, 1.82) is 0 Å². The van der Waals surface area contributed by atoms with Crippen LogP contribution < -0.4 is 14.8 Å². The molecule has 0 aliphatic carbocycles. The van der Waals surface area contributed by atoms with Crippen LogP contribution in [0.1, 0.15) is 11.1 Å². The quantitative estimate of drug-likeness (QED) is 0.478. The number of pyridine rings is 1. The van der Waals surface area contributed by atoms with Crippen LogP contribution >= 0.6 is 0 Å². The van der Waals surface area contributed by atoms with E-state index in [9.17, 15) is 0 Å². The fraction of sp³-hybridized carbons (Fsp3) is 0.174. The minimum atomic E-state index is 0.411. The van der Waals surface area contributed by atoms with E-state index >= 15 is 0 Å². The lowest BCUT2D eigenvalue weighted by Crippen LogP contribution is -2.03. The van der Waals surface area contributed by atoms with Gasteiger partial charge in [0.1, 0.15) is 5.82 Å². The number of rotatable bonds is 7. The Morgan fingerprint density at radius 3 is 2.43 bits per heavy atom. The summed E-state index contributed by atoms with van der Waals surface area (Å²) in [5.74, 6) is 2.91. The van der Waals surface area contributed by atoms with Crippen LogP contribution in [-0.4, -0.2) is 29.4 Å². The normalized spacial score (nSPS) is 10.6. The van der Waals surface area contributed by atoms with Gasteiger partial charge in [-0.2, -0.15) is 0 Å². The Balaban J connectivity index is 1.56. The number of aryl methyl sites for hydroxylation is 1. The van der Waals surface area contributed by atoms with Gasteiger partial charge in [-0.3, -0.25) is 0 Å². The molecule has 0 aliphatic heterocycles. The minimum absolute atomic E-state index is 0.411. The fourth-order valence-electron chi connectivity index (χ4n) is 3.04. The second-order valence-electron chi connectivity index (χ2n) is 6.72. The average molecular weight is 402 g/mol. The van der Waals surface area contributed by atoms with Crippen molar-refractivity contribution in [1.82, 2.24) is 15.2 Å². The number of hydrogen-bond acceptors (Lipinski definition) is 7. The van der Waals surface area contributed by atoms with E-state index in [0.29, 0.717) is 35.6 Å². The van der Waals surface area contributed by atoms with Crippen molar-refractivity contribution in [3.63, 3.8) is 0 Å². The highest BCUT2D eigenvalue weighted by Crippen LogP contribution is 2.30. The summed E-state index contributed by atoms with van der Waals surface area (Å²) in [6.45, 7) is 2.58. The van der Waals surface area contributed by atoms with E-state index in [-0.39, 0.29) is 0 Å². The molecule has 0 aliphatic rings. The molecular formula is C23H22N4O3. The van der Waals surface area contributed by atoms with Crippen LogP contribution in [0.5, 0.6) is 11.5 Å². The Kier molecular flexibility index (Phi) is 5.61. The summed E-state index contributed by atoms with van der Waals surface area (Å²) in [4.78, 5) is 4.45. The SMILES string of the molecule is COc1ccc(CNc2ncccc2-c2nnc(-c3ccc(C)cc3)o2)cc1OC. The van der Waals surface area contributed by atoms with Crippen LogP contribution in [-0.2, 0) is 6.54 Å². The van der Waals surface area contributed by atoms with Crippen LogP contribution in [0.25, 0.3) is 22.9 Å². The van der Waals surface area contributed by atoms with Gasteiger partial charge in [-0.05, 0) is 48.9 Å². The van der Waals surface area contributed by atoms with Gasteiger partial charge in [0.2, 0.25) is 5.89 Å². The number of aromatic nitrogens is 3. The molecule has 0 amide bonds. The van der Waals surface area contributed by atoms with E-state index in [1.807, 2.05) is 61.5 Å².